The number of halogens is 1. The summed E-state index contributed by atoms with van der Waals surface area (Å²) in [6, 6.07) is 5.21. The molecule has 0 radical (unpaired) electrons. The largest absolute Gasteiger partial charge is 0.330 e. The number of hydrogen-bond donors (Lipinski definition) is 3. The van der Waals surface area contributed by atoms with E-state index < -0.39 is 0 Å². The van der Waals surface area contributed by atoms with Gasteiger partial charge in [0.2, 0.25) is 11.8 Å². The monoisotopic (exact) mass is 269 g/mol. The normalized spacial score (nSPS) is 9.94. The van der Waals surface area contributed by atoms with Crippen molar-refractivity contribution in [1.29, 1.82) is 0 Å². The summed E-state index contributed by atoms with van der Waals surface area (Å²) in [7, 11) is 0. The van der Waals surface area contributed by atoms with Crippen molar-refractivity contribution in [3.8, 4) is 0 Å². The summed E-state index contributed by atoms with van der Waals surface area (Å²) in [5.41, 5.74) is 7.49. The third-order valence-electron chi connectivity index (χ3n) is 2.28. The Labute approximate surface area is 111 Å². The predicted octanol–water partition coefficient (Wildman–Crippen LogP) is 1.46. The topological polar surface area (TPSA) is 84.2 Å². The summed E-state index contributed by atoms with van der Waals surface area (Å²) >= 11 is 5.41. The SMILES string of the molecule is Cc1cc(NC(=O)CCN)ccc1NC(=O)CCl. The predicted molar refractivity (Wildman–Crippen MR) is 72.8 cm³/mol. The van der Waals surface area contributed by atoms with Gasteiger partial charge in [-0.3, -0.25) is 9.59 Å². The fourth-order valence-corrected chi connectivity index (χ4v) is 1.49. The number of hydrogen-bond acceptors (Lipinski definition) is 3. The average molecular weight is 270 g/mol. The Bertz CT molecular complexity index is 449. The van der Waals surface area contributed by atoms with E-state index in [0.29, 0.717) is 17.9 Å². The van der Waals surface area contributed by atoms with Gasteiger partial charge in [0, 0.05) is 24.3 Å². The van der Waals surface area contributed by atoms with E-state index in [1.807, 2.05) is 6.92 Å². The number of benzene rings is 1. The summed E-state index contributed by atoms with van der Waals surface area (Å²) in [6.07, 6.45) is 0.282. The highest BCUT2D eigenvalue weighted by Crippen LogP contribution is 2.19. The van der Waals surface area contributed by atoms with E-state index in [0.717, 1.165) is 5.56 Å². The van der Waals surface area contributed by atoms with Crippen molar-refractivity contribution in [1.82, 2.24) is 0 Å². The third kappa shape index (κ3) is 4.35. The molecule has 0 aliphatic heterocycles. The first-order valence-corrected chi connectivity index (χ1v) is 6.06. The zero-order valence-electron chi connectivity index (χ0n) is 10.1. The minimum absolute atomic E-state index is 0.0889. The van der Waals surface area contributed by atoms with Crippen molar-refractivity contribution in [2.24, 2.45) is 5.73 Å². The van der Waals surface area contributed by atoms with Crippen LogP contribution in [0.1, 0.15) is 12.0 Å². The number of nitrogens with two attached hydrogens (primary N) is 1. The first-order valence-electron chi connectivity index (χ1n) is 5.53. The van der Waals surface area contributed by atoms with E-state index in [-0.39, 0.29) is 24.1 Å². The number of amides is 2. The summed E-state index contributed by atoms with van der Waals surface area (Å²) in [5, 5.41) is 5.38. The average Bonchev–Trinajstić information content (AvgIpc) is 2.32. The van der Waals surface area contributed by atoms with Crippen LogP contribution in [-0.2, 0) is 9.59 Å². The molecule has 0 spiro atoms. The molecule has 0 saturated carbocycles. The van der Waals surface area contributed by atoms with Gasteiger partial charge >= 0.3 is 0 Å². The number of rotatable bonds is 5. The van der Waals surface area contributed by atoms with Crippen LogP contribution in [0.15, 0.2) is 18.2 Å². The molecule has 4 N–H and O–H groups in total. The molecule has 1 aromatic carbocycles. The van der Waals surface area contributed by atoms with Gasteiger partial charge < -0.3 is 16.4 Å². The molecule has 18 heavy (non-hydrogen) atoms. The smallest absolute Gasteiger partial charge is 0.239 e. The van der Waals surface area contributed by atoms with Gasteiger partial charge in [-0.2, -0.15) is 0 Å². The molecular weight excluding hydrogens is 254 g/mol. The lowest BCUT2D eigenvalue weighted by Crippen LogP contribution is -2.17. The molecule has 0 fully saturated rings. The molecule has 5 nitrogen and oxygen atoms in total. The quantitative estimate of drug-likeness (QED) is 0.708. The number of carbonyl (C=O) groups excluding carboxylic acids is 2. The fourth-order valence-electron chi connectivity index (χ4n) is 1.42. The maximum atomic E-state index is 11.4. The highest BCUT2D eigenvalue weighted by Gasteiger charge is 2.06. The molecule has 1 rings (SSSR count). The van der Waals surface area contributed by atoms with Crippen LogP contribution in [0.3, 0.4) is 0 Å². The Morgan fingerprint density at radius 1 is 1.28 bits per heavy atom. The molecule has 0 aliphatic carbocycles. The minimum atomic E-state index is -0.264. The van der Waals surface area contributed by atoms with E-state index in [2.05, 4.69) is 10.6 Å². The standard InChI is InChI=1S/C12H16ClN3O2/c1-8-6-9(15-11(17)4-5-14)2-3-10(8)16-12(18)7-13/h2-3,6H,4-5,7,14H2,1H3,(H,15,17)(H,16,18). The molecule has 6 heteroatoms. The zero-order valence-corrected chi connectivity index (χ0v) is 10.9. The van der Waals surface area contributed by atoms with Crippen LogP contribution < -0.4 is 16.4 Å². The van der Waals surface area contributed by atoms with Gasteiger partial charge in [-0.15, -0.1) is 11.6 Å². The maximum absolute atomic E-state index is 11.4. The fraction of sp³-hybridized carbons (Fsp3) is 0.333. The zero-order chi connectivity index (χ0) is 13.5. The number of aryl methyl sites for hydroxylation is 1. The lowest BCUT2D eigenvalue weighted by atomic mass is 10.1. The van der Waals surface area contributed by atoms with Crippen LogP contribution >= 0.6 is 11.6 Å². The van der Waals surface area contributed by atoms with Gasteiger partial charge in [0.1, 0.15) is 5.88 Å². The number of carbonyl (C=O) groups is 2. The first-order chi connectivity index (χ1) is 8.56. The number of nitrogens with one attached hydrogen (secondary N) is 2. The Morgan fingerprint density at radius 3 is 2.56 bits per heavy atom. The molecule has 98 valence electrons. The summed E-state index contributed by atoms with van der Waals surface area (Å²) in [6.45, 7) is 2.15. The Hall–Kier alpha value is -1.59. The number of alkyl halides is 1. The van der Waals surface area contributed by atoms with E-state index in [1.54, 1.807) is 18.2 Å². The van der Waals surface area contributed by atoms with E-state index in [4.69, 9.17) is 17.3 Å². The number of anilines is 2. The van der Waals surface area contributed by atoms with Gasteiger partial charge in [0.05, 0.1) is 0 Å². The Morgan fingerprint density at radius 2 is 2.00 bits per heavy atom. The molecule has 0 aliphatic rings. The molecule has 1 aromatic rings. The van der Waals surface area contributed by atoms with Crippen molar-refractivity contribution in [3.63, 3.8) is 0 Å². The molecule has 0 bridgehead atoms. The van der Waals surface area contributed by atoms with Crippen molar-refractivity contribution in [3.05, 3.63) is 23.8 Å². The van der Waals surface area contributed by atoms with Crippen LogP contribution in [0.2, 0.25) is 0 Å². The molecule has 0 aromatic heterocycles. The Balaban J connectivity index is 2.73. The van der Waals surface area contributed by atoms with E-state index >= 15 is 0 Å². The molecule has 0 heterocycles. The maximum Gasteiger partial charge on any atom is 0.239 e. The summed E-state index contributed by atoms with van der Waals surface area (Å²) in [5.74, 6) is -0.483. The molecule has 0 unspecified atom stereocenters. The van der Waals surface area contributed by atoms with Crippen LogP contribution in [0.25, 0.3) is 0 Å². The second-order valence-corrected chi connectivity index (χ2v) is 4.07. The Kier molecular flexibility index (Phi) is 5.61. The van der Waals surface area contributed by atoms with Crippen LogP contribution in [0, 0.1) is 6.92 Å². The van der Waals surface area contributed by atoms with Gasteiger partial charge in [0.15, 0.2) is 0 Å². The van der Waals surface area contributed by atoms with Crippen LogP contribution in [0.4, 0.5) is 11.4 Å². The summed E-state index contributed by atoms with van der Waals surface area (Å²) < 4.78 is 0. The minimum Gasteiger partial charge on any atom is -0.330 e. The van der Waals surface area contributed by atoms with Crippen molar-refractivity contribution < 1.29 is 9.59 Å². The second kappa shape index (κ2) is 6.98. The molecular formula is C12H16ClN3O2. The first kappa shape index (κ1) is 14.5. The molecule has 2 amide bonds. The van der Waals surface area contributed by atoms with Crippen molar-refractivity contribution in [2.75, 3.05) is 23.1 Å². The second-order valence-electron chi connectivity index (χ2n) is 3.80. The lowest BCUT2D eigenvalue weighted by molar-refractivity contribution is -0.116. The molecule has 0 saturated heterocycles. The van der Waals surface area contributed by atoms with Gasteiger partial charge in [-0.05, 0) is 30.7 Å². The van der Waals surface area contributed by atoms with Gasteiger partial charge in [0.25, 0.3) is 0 Å². The lowest BCUT2D eigenvalue weighted by Gasteiger charge is -2.10. The van der Waals surface area contributed by atoms with Crippen molar-refractivity contribution >= 4 is 34.8 Å². The molecule has 0 atom stereocenters. The van der Waals surface area contributed by atoms with Crippen LogP contribution in [-0.4, -0.2) is 24.2 Å². The third-order valence-corrected chi connectivity index (χ3v) is 2.52. The summed E-state index contributed by atoms with van der Waals surface area (Å²) in [4.78, 5) is 22.5. The van der Waals surface area contributed by atoms with E-state index in [9.17, 15) is 9.59 Å². The highest BCUT2D eigenvalue weighted by molar-refractivity contribution is 6.29. The van der Waals surface area contributed by atoms with Gasteiger partial charge in [-0.1, -0.05) is 0 Å². The van der Waals surface area contributed by atoms with E-state index in [1.165, 1.54) is 0 Å². The van der Waals surface area contributed by atoms with Crippen molar-refractivity contribution in [2.45, 2.75) is 13.3 Å². The van der Waals surface area contributed by atoms with Crippen LogP contribution in [0.5, 0.6) is 0 Å². The highest BCUT2D eigenvalue weighted by atomic mass is 35.5. The van der Waals surface area contributed by atoms with Gasteiger partial charge in [-0.25, -0.2) is 0 Å².